The summed E-state index contributed by atoms with van der Waals surface area (Å²) in [6, 6.07) is 13.8. The number of anilines is 2. The van der Waals surface area contributed by atoms with Crippen molar-refractivity contribution < 1.29 is 33.4 Å². The highest BCUT2D eigenvalue weighted by Crippen LogP contribution is 2.38. The third kappa shape index (κ3) is 6.11. The maximum absolute atomic E-state index is 13.3. The van der Waals surface area contributed by atoms with E-state index in [1.807, 2.05) is 0 Å². The summed E-state index contributed by atoms with van der Waals surface area (Å²) in [6.45, 7) is 1.34. The Hall–Kier alpha value is -4.35. The minimum Gasteiger partial charge on any atom is -0.497 e. The molecule has 5 amide bonds. The average Bonchev–Trinajstić information content (AvgIpc) is 2.92. The maximum atomic E-state index is 13.3. The van der Waals surface area contributed by atoms with E-state index in [0.717, 1.165) is 4.90 Å². The Bertz CT molecular complexity index is 1540. The van der Waals surface area contributed by atoms with Crippen molar-refractivity contribution in [1.82, 2.24) is 5.32 Å². The first-order valence-corrected chi connectivity index (χ1v) is 12.9. The van der Waals surface area contributed by atoms with Crippen LogP contribution in [0.5, 0.6) is 17.2 Å². The highest BCUT2D eigenvalue weighted by molar-refractivity contribution is 9.10. The number of nitrogens with one attached hydrogen (secondary N) is 2. The van der Waals surface area contributed by atoms with Gasteiger partial charge in [-0.25, -0.2) is 9.69 Å². The van der Waals surface area contributed by atoms with Gasteiger partial charge in [-0.1, -0.05) is 17.7 Å². The number of barbiturate groups is 1. The Balaban J connectivity index is 1.55. The van der Waals surface area contributed by atoms with E-state index in [2.05, 4.69) is 26.6 Å². The van der Waals surface area contributed by atoms with Gasteiger partial charge in [0, 0.05) is 10.7 Å². The number of urea groups is 1. The Morgan fingerprint density at radius 1 is 1.07 bits per heavy atom. The summed E-state index contributed by atoms with van der Waals surface area (Å²) in [4.78, 5) is 51.8. The van der Waals surface area contributed by atoms with Gasteiger partial charge in [-0.3, -0.25) is 19.7 Å². The summed E-state index contributed by atoms with van der Waals surface area (Å²) in [5, 5.41) is 5.27. The summed E-state index contributed by atoms with van der Waals surface area (Å²) in [5.74, 6) is -0.942. The second-order valence-electron chi connectivity index (χ2n) is 8.44. The highest BCUT2D eigenvalue weighted by Gasteiger charge is 2.37. The molecule has 1 heterocycles. The van der Waals surface area contributed by atoms with Crippen LogP contribution in [0.25, 0.3) is 6.08 Å². The van der Waals surface area contributed by atoms with E-state index >= 15 is 0 Å². The fraction of sp³-hybridized carbons (Fsp3) is 0.143. The molecule has 4 rings (SSSR count). The number of nitrogens with zero attached hydrogens (tertiary/aromatic N) is 1. The predicted octanol–water partition coefficient (Wildman–Crippen LogP) is 5.11. The van der Waals surface area contributed by atoms with E-state index in [1.165, 1.54) is 19.3 Å². The largest absolute Gasteiger partial charge is 0.497 e. The van der Waals surface area contributed by atoms with Gasteiger partial charge in [0.05, 0.1) is 24.4 Å². The molecule has 12 heteroatoms. The molecule has 1 aliphatic rings. The number of hydrogen-bond donors (Lipinski definition) is 2. The van der Waals surface area contributed by atoms with Crippen molar-refractivity contribution in [3.8, 4) is 17.2 Å². The van der Waals surface area contributed by atoms with Crippen LogP contribution in [-0.2, 0) is 14.4 Å². The van der Waals surface area contributed by atoms with Gasteiger partial charge in [0.2, 0.25) is 0 Å². The van der Waals surface area contributed by atoms with Crippen molar-refractivity contribution in [1.29, 1.82) is 0 Å². The number of carbonyl (C=O) groups is 4. The zero-order valence-corrected chi connectivity index (χ0v) is 23.9. The van der Waals surface area contributed by atoms with E-state index in [9.17, 15) is 19.2 Å². The van der Waals surface area contributed by atoms with Crippen LogP contribution in [0.1, 0.15) is 11.1 Å². The molecule has 0 radical (unpaired) electrons. The van der Waals surface area contributed by atoms with Gasteiger partial charge in [-0.2, -0.15) is 0 Å². The first kappa shape index (κ1) is 28.7. The SMILES string of the molecule is COc1ccc(NC(=O)COc2c(Br)cc(/C=C3/C(=O)NC(=O)N(c4cccc(Cl)c4C)C3=O)cc2OC)cc1. The van der Waals surface area contributed by atoms with E-state index < -0.39 is 23.8 Å². The molecule has 0 unspecified atom stereocenters. The fourth-order valence-corrected chi connectivity index (χ4v) is 4.60. The summed E-state index contributed by atoms with van der Waals surface area (Å²) in [7, 11) is 2.96. The van der Waals surface area contributed by atoms with Crippen LogP contribution in [0.15, 0.2) is 64.6 Å². The van der Waals surface area contributed by atoms with Crippen molar-refractivity contribution in [3.05, 3.63) is 80.8 Å². The Morgan fingerprint density at radius 3 is 2.48 bits per heavy atom. The lowest BCUT2D eigenvalue weighted by Gasteiger charge is -2.27. The van der Waals surface area contributed by atoms with Crippen molar-refractivity contribution >= 4 is 68.7 Å². The number of methoxy groups -OCH3 is 2. The molecule has 206 valence electrons. The molecule has 40 heavy (non-hydrogen) atoms. The van der Waals surface area contributed by atoms with Gasteiger partial charge in [0.1, 0.15) is 11.3 Å². The number of ether oxygens (including phenoxy) is 3. The zero-order chi connectivity index (χ0) is 29.0. The Morgan fingerprint density at radius 2 is 1.80 bits per heavy atom. The third-order valence-corrected chi connectivity index (χ3v) is 6.86. The maximum Gasteiger partial charge on any atom is 0.335 e. The molecule has 1 aliphatic heterocycles. The summed E-state index contributed by atoms with van der Waals surface area (Å²) in [6.07, 6.45) is 1.32. The fourth-order valence-electron chi connectivity index (χ4n) is 3.85. The first-order chi connectivity index (χ1) is 19.1. The number of amides is 5. The molecule has 3 aromatic rings. The first-order valence-electron chi connectivity index (χ1n) is 11.7. The topological polar surface area (TPSA) is 123 Å². The van der Waals surface area contributed by atoms with Gasteiger partial charge >= 0.3 is 6.03 Å². The molecular formula is C28H23BrClN3O7. The lowest BCUT2D eigenvalue weighted by atomic mass is 10.1. The second kappa shape index (κ2) is 12.2. The zero-order valence-electron chi connectivity index (χ0n) is 21.5. The monoisotopic (exact) mass is 627 g/mol. The third-order valence-electron chi connectivity index (χ3n) is 5.87. The Labute approximate surface area is 243 Å². The van der Waals surface area contributed by atoms with E-state index in [0.29, 0.717) is 32.1 Å². The summed E-state index contributed by atoms with van der Waals surface area (Å²) >= 11 is 9.57. The van der Waals surface area contributed by atoms with Crippen molar-refractivity contribution in [2.24, 2.45) is 0 Å². The number of rotatable bonds is 8. The molecule has 0 spiro atoms. The van der Waals surface area contributed by atoms with Crippen molar-refractivity contribution in [2.75, 3.05) is 31.0 Å². The smallest absolute Gasteiger partial charge is 0.335 e. The molecule has 0 bridgehead atoms. The van der Waals surface area contributed by atoms with Crippen molar-refractivity contribution in [3.63, 3.8) is 0 Å². The molecule has 0 aliphatic carbocycles. The van der Waals surface area contributed by atoms with Crippen LogP contribution in [0, 0.1) is 6.92 Å². The van der Waals surface area contributed by atoms with Crippen molar-refractivity contribution in [2.45, 2.75) is 6.92 Å². The van der Waals surface area contributed by atoms with E-state index in [-0.39, 0.29) is 29.4 Å². The van der Waals surface area contributed by atoms with Crippen LogP contribution >= 0.6 is 27.5 Å². The average molecular weight is 629 g/mol. The molecule has 0 saturated carbocycles. The standard InChI is InChI=1S/C28H23BrClN3O7/c1-15-21(30)5-4-6-22(15)33-27(36)19(26(35)32-28(33)37)11-16-12-20(29)25(23(13-16)39-3)40-14-24(34)31-17-7-9-18(38-2)10-8-17/h4-13H,14H2,1-3H3,(H,31,34)(H,32,35,37)/b19-11-. The molecule has 1 saturated heterocycles. The van der Waals surface area contributed by atoms with Crippen LogP contribution in [-0.4, -0.2) is 44.6 Å². The molecule has 3 aromatic carbocycles. The van der Waals surface area contributed by atoms with Crippen LogP contribution in [0.2, 0.25) is 5.02 Å². The normalized spacial score (nSPS) is 14.2. The van der Waals surface area contributed by atoms with E-state index in [4.69, 9.17) is 25.8 Å². The number of carbonyl (C=O) groups excluding carboxylic acids is 4. The number of imide groups is 2. The lowest BCUT2D eigenvalue weighted by Crippen LogP contribution is -2.54. The van der Waals surface area contributed by atoms with E-state index in [1.54, 1.807) is 62.6 Å². The molecular weight excluding hydrogens is 606 g/mol. The molecule has 1 fully saturated rings. The quantitative estimate of drug-likeness (QED) is 0.263. The number of hydrogen-bond acceptors (Lipinski definition) is 7. The van der Waals surface area contributed by atoms with Gasteiger partial charge in [0.25, 0.3) is 17.7 Å². The van der Waals surface area contributed by atoms with Gasteiger partial charge in [0.15, 0.2) is 18.1 Å². The molecule has 2 N–H and O–H groups in total. The van der Waals surface area contributed by atoms with Gasteiger partial charge < -0.3 is 19.5 Å². The minimum absolute atomic E-state index is 0.236. The number of halogens is 2. The summed E-state index contributed by atoms with van der Waals surface area (Å²) in [5.41, 5.74) is 1.44. The Kier molecular flexibility index (Phi) is 8.76. The van der Waals surface area contributed by atoms with Crippen LogP contribution in [0.4, 0.5) is 16.2 Å². The molecule has 10 nitrogen and oxygen atoms in total. The van der Waals surface area contributed by atoms with Crippen LogP contribution in [0.3, 0.4) is 0 Å². The number of benzene rings is 3. The predicted molar refractivity (Wildman–Crippen MR) is 153 cm³/mol. The minimum atomic E-state index is -0.882. The van der Waals surface area contributed by atoms with Crippen LogP contribution < -0.4 is 29.7 Å². The van der Waals surface area contributed by atoms with Gasteiger partial charge in [-0.15, -0.1) is 0 Å². The molecule has 0 aromatic heterocycles. The molecule has 0 atom stereocenters. The lowest BCUT2D eigenvalue weighted by molar-refractivity contribution is -0.122. The second-order valence-corrected chi connectivity index (χ2v) is 9.70. The summed E-state index contributed by atoms with van der Waals surface area (Å²) < 4.78 is 16.6. The van der Waals surface area contributed by atoms with Gasteiger partial charge in [-0.05, 0) is 88.6 Å². The highest BCUT2D eigenvalue weighted by atomic mass is 79.9.